The standard InChI is InChI=1S/C18H22FN5O2.ClH/c19-11-2-4-12(5-3-11)24-16(17(21)25)7-15(22-24)18(26)23-8-10-1-6-14(20)13(10)9-23;/h2-5,10,13-14,16H,1,6-9,20H2,(H2,21,25);1H. The lowest BCUT2D eigenvalue weighted by molar-refractivity contribution is -0.123. The lowest BCUT2D eigenvalue weighted by atomic mass is 9.98. The average molecular weight is 396 g/mol. The summed E-state index contributed by atoms with van der Waals surface area (Å²) < 4.78 is 13.2. The Kier molecular flexibility index (Phi) is 5.39. The fourth-order valence-electron chi connectivity index (χ4n) is 4.35. The number of amides is 2. The molecule has 4 N–H and O–H groups in total. The first kappa shape index (κ1) is 19.6. The minimum absolute atomic E-state index is 0. The van der Waals surface area contributed by atoms with E-state index >= 15 is 0 Å². The van der Waals surface area contributed by atoms with Crippen LogP contribution in [0.15, 0.2) is 29.4 Å². The molecule has 9 heteroatoms. The highest BCUT2D eigenvalue weighted by molar-refractivity contribution is 6.40. The van der Waals surface area contributed by atoms with Gasteiger partial charge in [0.15, 0.2) is 0 Å². The van der Waals surface area contributed by atoms with Crippen molar-refractivity contribution in [1.82, 2.24) is 4.90 Å². The molecule has 27 heavy (non-hydrogen) atoms. The number of anilines is 1. The molecule has 1 aliphatic carbocycles. The smallest absolute Gasteiger partial charge is 0.270 e. The number of carbonyl (C=O) groups excluding carboxylic acids is 2. The summed E-state index contributed by atoms with van der Waals surface area (Å²) in [6.07, 6.45) is 2.22. The van der Waals surface area contributed by atoms with E-state index in [0.29, 0.717) is 36.3 Å². The fraction of sp³-hybridized carbons (Fsp3) is 0.500. The molecule has 3 aliphatic rings. The highest BCUT2D eigenvalue weighted by Crippen LogP contribution is 2.37. The molecule has 1 saturated heterocycles. The fourth-order valence-corrected chi connectivity index (χ4v) is 4.35. The first-order valence-corrected chi connectivity index (χ1v) is 8.90. The molecule has 7 nitrogen and oxygen atoms in total. The van der Waals surface area contributed by atoms with Gasteiger partial charge in [0.25, 0.3) is 5.91 Å². The van der Waals surface area contributed by atoms with E-state index in [0.717, 1.165) is 12.8 Å². The number of carbonyl (C=O) groups is 2. The zero-order valence-electron chi connectivity index (χ0n) is 14.8. The quantitative estimate of drug-likeness (QED) is 0.791. The molecule has 2 heterocycles. The number of halogens is 2. The maximum absolute atomic E-state index is 13.2. The maximum Gasteiger partial charge on any atom is 0.270 e. The number of nitrogens with two attached hydrogens (primary N) is 2. The van der Waals surface area contributed by atoms with E-state index in [9.17, 15) is 14.0 Å². The molecular weight excluding hydrogens is 373 g/mol. The van der Waals surface area contributed by atoms with Crippen molar-refractivity contribution in [3.05, 3.63) is 30.1 Å². The number of primary amides is 1. The molecule has 2 amide bonds. The number of hydrogen-bond donors (Lipinski definition) is 2. The molecule has 0 bridgehead atoms. The van der Waals surface area contributed by atoms with Crippen molar-refractivity contribution in [1.29, 1.82) is 0 Å². The molecule has 4 atom stereocenters. The molecule has 1 aromatic rings. The van der Waals surface area contributed by atoms with Gasteiger partial charge in [0.2, 0.25) is 5.91 Å². The van der Waals surface area contributed by atoms with Gasteiger partial charge in [-0.2, -0.15) is 5.10 Å². The Bertz CT molecular complexity index is 772. The Morgan fingerprint density at radius 1 is 1.15 bits per heavy atom. The normalized spacial score (nSPS) is 29.3. The van der Waals surface area contributed by atoms with Crippen molar-refractivity contribution in [2.45, 2.75) is 31.3 Å². The van der Waals surface area contributed by atoms with Crippen LogP contribution in [0.5, 0.6) is 0 Å². The van der Waals surface area contributed by atoms with Crippen molar-refractivity contribution in [2.24, 2.45) is 28.4 Å². The number of hydrogen-bond acceptors (Lipinski definition) is 5. The molecule has 1 saturated carbocycles. The second kappa shape index (κ2) is 7.44. The van der Waals surface area contributed by atoms with Crippen molar-refractivity contribution in [3.63, 3.8) is 0 Å². The number of hydrazone groups is 1. The topological polar surface area (TPSA) is 105 Å². The summed E-state index contributed by atoms with van der Waals surface area (Å²) in [6.45, 7) is 1.33. The van der Waals surface area contributed by atoms with Crippen LogP contribution in [0, 0.1) is 17.7 Å². The number of benzene rings is 1. The lowest BCUT2D eigenvalue weighted by Gasteiger charge is -2.20. The van der Waals surface area contributed by atoms with Crippen molar-refractivity contribution < 1.29 is 14.0 Å². The first-order chi connectivity index (χ1) is 12.4. The molecule has 0 radical (unpaired) electrons. The third kappa shape index (κ3) is 3.51. The van der Waals surface area contributed by atoms with Gasteiger partial charge in [-0.15, -0.1) is 12.4 Å². The third-order valence-corrected chi connectivity index (χ3v) is 5.78. The Balaban J connectivity index is 0.00000210. The van der Waals surface area contributed by atoms with Crippen LogP contribution in [0.1, 0.15) is 19.3 Å². The van der Waals surface area contributed by atoms with E-state index in [1.807, 2.05) is 0 Å². The maximum atomic E-state index is 13.2. The third-order valence-electron chi connectivity index (χ3n) is 5.78. The van der Waals surface area contributed by atoms with E-state index in [-0.39, 0.29) is 36.6 Å². The van der Waals surface area contributed by atoms with Gasteiger partial charge >= 0.3 is 0 Å². The van der Waals surface area contributed by atoms with Gasteiger partial charge in [-0.3, -0.25) is 14.6 Å². The lowest BCUT2D eigenvalue weighted by Crippen LogP contribution is -2.40. The Morgan fingerprint density at radius 2 is 1.85 bits per heavy atom. The Hall–Kier alpha value is -2.19. The highest BCUT2D eigenvalue weighted by atomic mass is 35.5. The highest BCUT2D eigenvalue weighted by Gasteiger charge is 2.44. The van der Waals surface area contributed by atoms with Crippen LogP contribution in [-0.4, -0.2) is 47.6 Å². The predicted molar refractivity (Wildman–Crippen MR) is 102 cm³/mol. The number of fused-ring (bicyclic) bond motifs is 1. The summed E-state index contributed by atoms with van der Waals surface area (Å²) in [7, 11) is 0. The van der Waals surface area contributed by atoms with Gasteiger partial charge in [0.05, 0.1) is 5.69 Å². The van der Waals surface area contributed by atoms with Gasteiger partial charge in [0, 0.05) is 25.6 Å². The zero-order valence-corrected chi connectivity index (χ0v) is 15.6. The molecule has 4 rings (SSSR count). The molecule has 0 aromatic heterocycles. The number of likely N-dealkylation sites (tertiary alicyclic amines) is 1. The van der Waals surface area contributed by atoms with Crippen LogP contribution in [0.4, 0.5) is 10.1 Å². The van der Waals surface area contributed by atoms with E-state index in [1.54, 1.807) is 4.90 Å². The zero-order chi connectivity index (χ0) is 18.4. The molecule has 146 valence electrons. The second-order valence-electron chi connectivity index (χ2n) is 7.37. The van der Waals surface area contributed by atoms with Crippen LogP contribution in [0.25, 0.3) is 0 Å². The minimum Gasteiger partial charge on any atom is -0.368 e. The van der Waals surface area contributed by atoms with Crippen molar-refractivity contribution in [3.8, 4) is 0 Å². The predicted octanol–water partition coefficient (Wildman–Crippen LogP) is 0.863. The van der Waals surface area contributed by atoms with E-state index in [1.165, 1.54) is 29.3 Å². The molecular formula is C18H23ClFN5O2. The SMILES string of the molecule is Cl.NC(=O)C1CC(C(=O)N2CC3CCC(N)C3C2)=NN1c1ccc(F)cc1. The second-order valence-corrected chi connectivity index (χ2v) is 7.37. The summed E-state index contributed by atoms with van der Waals surface area (Å²) in [5, 5.41) is 5.77. The van der Waals surface area contributed by atoms with E-state index in [2.05, 4.69) is 5.10 Å². The van der Waals surface area contributed by atoms with Gasteiger partial charge in [-0.25, -0.2) is 4.39 Å². The summed E-state index contributed by atoms with van der Waals surface area (Å²) in [6, 6.07) is 5.00. The van der Waals surface area contributed by atoms with Crippen LogP contribution < -0.4 is 16.5 Å². The van der Waals surface area contributed by atoms with Crippen molar-refractivity contribution in [2.75, 3.05) is 18.1 Å². The molecule has 0 spiro atoms. The van der Waals surface area contributed by atoms with Gasteiger partial charge in [-0.05, 0) is 48.9 Å². The van der Waals surface area contributed by atoms with E-state index < -0.39 is 11.9 Å². The van der Waals surface area contributed by atoms with Crippen LogP contribution in [0.2, 0.25) is 0 Å². The van der Waals surface area contributed by atoms with E-state index in [4.69, 9.17) is 11.5 Å². The van der Waals surface area contributed by atoms with Crippen LogP contribution in [0.3, 0.4) is 0 Å². The molecule has 1 aromatic carbocycles. The van der Waals surface area contributed by atoms with Gasteiger partial charge < -0.3 is 16.4 Å². The minimum atomic E-state index is -0.747. The summed E-state index contributed by atoms with van der Waals surface area (Å²) in [5.74, 6) is -0.315. The molecule has 2 aliphatic heterocycles. The number of nitrogens with zero attached hydrogens (tertiary/aromatic N) is 3. The monoisotopic (exact) mass is 395 g/mol. The first-order valence-electron chi connectivity index (χ1n) is 8.90. The van der Waals surface area contributed by atoms with Crippen molar-refractivity contribution >= 4 is 35.6 Å². The molecule has 4 unspecified atom stereocenters. The van der Waals surface area contributed by atoms with Gasteiger partial charge in [-0.1, -0.05) is 0 Å². The summed E-state index contributed by atoms with van der Waals surface area (Å²) in [4.78, 5) is 26.5. The van der Waals surface area contributed by atoms with Crippen LogP contribution >= 0.6 is 12.4 Å². The Labute approximate surface area is 162 Å². The summed E-state index contributed by atoms with van der Waals surface area (Å²) in [5.41, 5.74) is 12.5. The Morgan fingerprint density at radius 3 is 2.48 bits per heavy atom. The average Bonchev–Trinajstić information content (AvgIpc) is 3.31. The molecule has 2 fully saturated rings. The van der Waals surface area contributed by atoms with Crippen LogP contribution in [-0.2, 0) is 9.59 Å². The number of rotatable bonds is 3. The van der Waals surface area contributed by atoms with Gasteiger partial charge in [0.1, 0.15) is 17.6 Å². The largest absolute Gasteiger partial charge is 0.368 e. The summed E-state index contributed by atoms with van der Waals surface area (Å²) >= 11 is 0.